The van der Waals surface area contributed by atoms with Crippen LogP contribution in [0.4, 0.5) is 5.69 Å². The summed E-state index contributed by atoms with van der Waals surface area (Å²) in [6, 6.07) is 8.70. The van der Waals surface area contributed by atoms with Gasteiger partial charge < -0.3 is 10.5 Å². The molecule has 0 aliphatic carbocycles. The van der Waals surface area contributed by atoms with E-state index in [0.717, 1.165) is 5.69 Å². The Hall–Kier alpha value is -3.67. The Balaban J connectivity index is 2.20. The SMILES string of the molecule is CCOC(=O)c1cnn(-c2ccc(N/N=C(\C#N)C(=N)N)cc2)c1C. The largest absolute Gasteiger partial charge is 0.462 e. The molecule has 25 heavy (non-hydrogen) atoms. The van der Waals surface area contributed by atoms with Crippen LogP contribution < -0.4 is 11.2 Å². The number of carbonyl (C=O) groups excluding carboxylic acids is 1. The molecule has 0 amide bonds. The third-order valence-corrected chi connectivity index (χ3v) is 3.27. The van der Waals surface area contributed by atoms with Gasteiger partial charge in [-0.3, -0.25) is 10.8 Å². The smallest absolute Gasteiger partial charge is 0.341 e. The number of amidine groups is 1. The van der Waals surface area contributed by atoms with Gasteiger partial charge in [0.25, 0.3) is 0 Å². The number of hydrogen-bond acceptors (Lipinski definition) is 7. The van der Waals surface area contributed by atoms with E-state index in [1.807, 2.05) is 0 Å². The Morgan fingerprint density at radius 2 is 2.16 bits per heavy atom. The van der Waals surface area contributed by atoms with Gasteiger partial charge in [0.05, 0.1) is 29.9 Å². The Morgan fingerprint density at radius 1 is 1.48 bits per heavy atom. The van der Waals surface area contributed by atoms with E-state index in [-0.39, 0.29) is 5.71 Å². The van der Waals surface area contributed by atoms with Gasteiger partial charge in [-0.1, -0.05) is 0 Å². The number of nitrogens with zero attached hydrogens (tertiary/aromatic N) is 4. The van der Waals surface area contributed by atoms with Crippen molar-refractivity contribution in [2.24, 2.45) is 10.8 Å². The average molecular weight is 339 g/mol. The van der Waals surface area contributed by atoms with Gasteiger partial charge in [-0.25, -0.2) is 9.48 Å². The monoisotopic (exact) mass is 339 g/mol. The molecule has 1 aromatic heterocycles. The topological polar surface area (TPSA) is 142 Å². The number of aromatic nitrogens is 2. The van der Waals surface area contributed by atoms with E-state index in [4.69, 9.17) is 21.1 Å². The minimum Gasteiger partial charge on any atom is -0.462 e. The number of hydrazone groups is 1. The molecule has 2 rings (SSSR count). The Bertz CT molecular complexity index is 860. The molecule has 0 atom stereocenters. The molecule has 0 aliphatic rings. The molecule has 9 nitrogen and oxygen atoms in total. The molecular weight excluding hydrogens is 322 g/mol. The van der Waals surface area contributed by atoms with E-state index in [1.54, 1.807) is 48.9 Å². The average Bonchev–Trinajstić information content (AvgIpc) is 2.97. The predicted octanol–water partition coefficient (Wildman–Crippen LogP) is 1.58. The second kappa shape index (κ2) is 7.74. The van der Waals surface area contributed by atoms with E-state index < -0.39 is 11.8 Å². The highest BCUT2D eigenvalue weighted by molar-refractivity contribution is 6.45. The number of hydrogen-bond donors (Lipinski definition) is 3. The number of carbonyl (C=O) groups is 1. The molecule has 0 saturated carbocycles. The highest BCUT2D eigenvalue weighted by Crippen LogP contribution is 2.17. The first-order chi connectivity index (χ1) is 12.0. The lowest BCUT2D eigenvalue weighted by Gasteiger charge is -2.07. The van der Waals surface area contributed by atoms with Crippen LogP contribution >= 0.6 is 0 Å². The number of esters is 1. The molecule has 128 valence electrons. The minimum absolute atomic E-state index is 0.203. The molecule has 0 saturated heterocycles. The van der Waals surface area contributed by atoms with Crippen molar-refractivity contribution in [3.8, 4) is 11.8 Å². The van der Waals surface area contributed by atoms with Crippen molar-refractivity contribution in [3.63, 3.8) is 0 Å². The lowest BCUT2D eigenvalue weighted by Crippen LogP contribution is -2.21. The van der Waals surface area contributed by atoms with Gasteiger partial charge in [-0.05, 0) is 38.1 Å². The second-order valence-electron chi connectivity index (χ2n) is 4.92. The summed E-state index contributed by atoms with van der Waals surface area (Å²) in [6.45, 7) is 3.83. The number of anilines is 1. The van der Waals surface area contributed by atoms with Gasteiger partial charge in [0.2, 0.25) is 5.71 Å². The zero-order chi connectivity index (χ0) is 18.4. The number of nitrogens with one attached hydrogen (secondary N) is 2. The Labute approximate surface area is 144 Å². The summed E-state index contributed by atoms with van der Waals surface area (Å²) in [5.41, 5.74) is 10.1. The molecule has 0 spiro atoms. The maximum atomic E-state index is 11.8. The van der Waals surface area contributed by atoms with Crippen molar-refractivity contribution in [2.75, 3.05) is 12.0 Å². The number of benzene rings is 1. The summed E-state index contributed by atoms with van der Waals surface area (Å²) in [5, 5.41) is 23.9. The van der Waals surface area contributed by atoms with Gasteiger partial charge in [-0.15, -0.1) is 0 Å². The Morgan fingerprint density at radius 3 is 2.72 bits per heavy atom. The standard InChI is InChI=1S/C16H17N7O2/c1-3-25-16(24)13-9-20-23(10(13)2)12-6-4-11(5-7-12)21-22-14(8-17)15(18)19/h4-7,9,21H,3H2,1-2H3,(H3,18,19)/b22-14+. The van der Waals surface area contributed by atoms with Crippen molar-refractivity contribution in [2.45, 2.75) is 13.8 Å². The predicted molar refractivity (Wildman–Crippen MR) is 92.8 cm³/mol. The maximum absolute atomic E-state index is 11.8. The summed E-state index contributed by atoms with van der Waals surface area (Å²) < 4.78 is 6.61. The molecule has 0 bridgehead atoms. The van der Waals surface area contributed by atoms with E-state index in [2.05, 4.69) is 15.6 Å². The second-order valence-corrected chi connectivity index (χ2v) is 4.92. The summed E-state index contributed by atoms with van der Waals surface area (Å²) >= 11 is 0. The third kappa shape index (κ3) is 4.00. The van der Waals surface area contributed by atoms with Gasteiger partial charge in [0.1, 0.15) is 11.6 Å². The summed E-state index contributed by atoms with van der Waals surface area (Å²) in [4.78, 5) is 11.8. The van der Waals surface area contributed by atoms with Gasteiger partial charge in [-0.2, -0.15) is 15.5 Å². The molecule has 0 unspecified atom stereocenters. The fourth-order valence-electron chi connectivity index (χ4n) is 2.02. The van der Waals surface area contributed by atoms with Crippen LogP contribution in [-0.2, 0) is 4.74 Å². The van der Waals surface area contributed by atoms with Crippen LogP contribution in [0.2, 0.25) is 0 Å². The maximum Gasteiger partial charge on any atom is 0.341 e. The van der Waals surface area contributed by atoms with Crippen LogP contribution in [0.3, 0.4) is 0 Å². The summed E-state index contributed by atoms with van der Waals surface area (Å²) in [5.74, 6) is -0.822. The molecule has 0 aliphatic heterocycles. The molecule has 1 heterocycles. The van der Waals surface area contributed by atoms with Crippen LogP contribution in [0.1, 0.15) is 23.0 Å². The van der Waals surface area contributed by atoms with Gasteiger partial charge in [0.15, 0.2) is 5.84 Å². The number of nitrogens with two attached hydrogens (primary N) is 1. The fourth-order valence-corrected chi connectivity index (χ4v) is 2.02. The minimum atomic E-state index is -0.412. The molecular formula is C16H17N7O2. The van der Waals surface area contributed by atoms with Crippen molar-refractivity contribution >= 4 is 23.2 Å². The van der Waals surface area contributed by atoms with E-state index in [1.165, 1.54) is 6.20 Å². The van der Waals surface area contributed by atoms with E-state index in [0.29, 0.717) is 23.6 Å². The lowest BCUT2D eigenvalue weighted by molar-refractivity contribution is 0.0525. The highest BCUT2D eigenvalue weighted by Gasteiger charge is 2.15. The highest BCUT2D eigenvalue weighted by atomic mass is 16.5. The number of ether oxygens (including phenoxy) is 1. The Kier molecular flexibility index (Phi) is 5.47. The van der Waals surface area contributed by atoms with Crippen LogP contribution in [0.25, 0.3) is 5.69 Å². The molecule has 2 aromatic rings. The zero-order valence-corrected chi connectivity index (χ0v) is 13.8. The fraction of sp³-hybridized carbons (Fsp3) is 0.188. The van der Waals surface area contributed by atoms with E-state index >= 15 is 0 Å². The van der Waals surface area contributed by atoms with Crippen molar-refractivity contribution in [3.05, 3.63) is 41.7 Å². The summed E-state index contributed by atoms with van der Waals surface area (Å²) in [6.07, 6.45) is 1.47. The van der Waals surface area contributed by atoms with Crippen molar-refractivity contribution < 1.29 is 9.53 Å². The van der Waals surface area contributed by atoms with Crippen LogP contribution in [0, 0.1) is 23.7 Å². The molecule has 4 N–H and O–H groups in total. The van der Waals surface area contributed by atoms with Crippen molar-refractivity contribution in [1.82, 2.24) is 9.78 Å². The van der Waals surface area contributed by atoms with Gasteiger partial charge >= 0.3 is 5.97 Å². The first kappa shape index (κ1) is 17.7. The molecule has 0 radical (unpaired) electrons. The van der Waals surface area contributed by atoms with Gasteiger partial charge in [0, 0.05) is 0 Å². The number of nitriles is 1. The quantitative estimate of drug-likeness (QED) is 0.316. The van der Waals surface area contributed by atoms with Crippen LogP contribution in [0.5, 0.6) is 0 Å². The van der Waals surface area contributed by atoms with Crippen molar-refractivity contribution in [1.29, 1.82) is 10.7 Å². The van der Waals surface area contributed by atoms with Crippen LogP contribution in [0.15, 0.2) is 35.6 Å². The van der Waals surface area contributed by atoms with Crippen LogP contribution in [-0.4, -0.2) is 33.9 Å². The first-order valence-corrected chi connectivity index (χ1v) is 7.38. The molecule has 9 heteroatoms. The summed E-state index contributed by atoms with van der Waals surface area (Å²) in [7, 11) is 0. The first-order valence-electron chi connectivity index (χ1n) is 7.38. The molecule has 0 fully saturated rings. The zero-order valence-electron chi connectivity index (χ0n) is 13.8. The lowest BCUT2D eigenvalue weighted by atomic mass is 10.2. The number of rotatable bonds is 6. The normalized spacial score (nSPS) is 10.8. The van der Waals surface area contributed by atoms with E-state index in [9.17, 15) is 4.79 Å². The molecule has 1 aromatic carbocycles. The third-order valence-electron chi connectivity index (χ3n) is 3.27.